The third-order valence-corrected chi connectivity index (χ3v) is 2.93. The first-order valence-corrected chi connectivity index (χ1v) is 6.17. The molecule has 98 valence electrons. The molecule has 0 unspecified atom stereocenters. The van der Waals surface area contributed by atoms with Gasteiger partial charge >= 0.3 is 0 Å². The van der Waals surface area contributed by atoms with Crippen molar-refractivity contribution in [3.63, 3.8) is 0 Å². The van der Waals surface area contributed by atoms with Gasteiger partial charge in [0.15, 0.2) is 11.5 Å². The van der Waals surface area contributed by atoms with Gasteiger partial charge in [0.2, 0.25) is 0 Å². The van der Waals surface area contributed by atoms with Crippen LogP contribution in [0.5, 0.6) is 0 Å². The van der Waals surface area contributed by atoms with Crippen LogP contribution in [-0.4, -0.2) is 10.2 Å². The fourth-order valence-corrected chi connectivity index (χ4v) is 1.98. The molecule has 0 aliphatic rings. The lowest BCUT2D eigenvalue weighted by molar-refractivity contribution is 1.10. The zero-order valence-corrected chi connectivity index (χ0v) is 10.6. The summed E-state index contributed by atoms with van der Waals surface area (Å²) in [6.07, 6.45) is 0. The molecule has 2 N–H and O–H groups in total. The van der Waals surface area contributed by atoms with Gasteiger partial charge in [-0.3, -0.25) is 5.10 Å². The molecule has 2 aromatic carbocycles. The molecule has 0 aliphatic carbocycles. The Bertz CT molecular complexity index is 707. The molecule has 3 rings (SSSR count). The Labute approximate surface area is 115 Å². The van der Waals surface area contributed by atoms with E-state index in [4.69, 9.17) is 0 Å². The third-order valence-electron chi connectivity index (χ3n) is 2.93. The maximum Gasteiger partial charge on any atom is 0.182 e. The van der Waals surface area contributed by atoms with Crippen LogP contribution in [-0.2, 0) is 0 Å². The molecule has 0 radical (unpaired) electrons. The summed E-state index contributed by atoms with van der Waals surface area (Å²) in [7, 11) is 0. The normalized spacial score (nSPS) is 10.2. The van der Waals surface area contributed by atoms with Crippen LogP contribution in [0.4, 0.5) is 17.2 Å². The van der Waals surface area contributed by atoms with Gasteiger partial charge in [-0.1, -0.05) is 48.5 Å². The van der Waals surface area contributed by atoms with Crippen LogP contribution >= 0.6 is 0 Å². The average molecular weight is 264 g/mol. The largest absolute Gasteiger partial charge is 0.337 e. The summed E-state index contributed by atoms with van der Waals surface area (Å²) in [5, 5.41) is 13.2. The van der Waals surface area contributed by atoms with E-state index in [2.05, 4.69) is 20.7 Å². The molecule has 5 heteroatoms. The molecule has 0 atom stereocenters. The molecule has 5 nitrogen and oxygen atoms in total. The molecule has 1 aromatic heterocycles. The zero-order valence-electron chi connectivity index (χ0n) is 10.6. The quantitative estimate of drug-likeness (QED) is 0.693. The van der Waals surface area contributed by atoms with Crippen LogP contribution in [0, 0.1) is 4.91 Å². The highest BCUT2D eigenvalue weighted by molar-refractivity contribution is 5.82. The molecule has 0 aliphatic heterocycles. The second-order valence-electron chi connectivity index (χ2n) is 4.24. The molecule has 0 fully saturated rings. The first-order valence-electron chi connectivity index (χ1n) is 6.17. The molecular formula is C15H12N4O. The number of benzene rings is 2. The number of H-pyrrole nitrogens is 1. The van der Waals surface area contributed by atoms with E-state index in [1.165, 1.54) is 0 Å². The number of aromatic nitrogens is 2. The maximum absolute atomic E-state index is 11.1. The minimum Gasteiger partial charge on any atom is -0.337 e. The summed E-state index contributed by atoms with van der Waals surface area (Å²) >= 11 is 0. The molecule has 0 bridgehead atoms. The number of nitroso groups, excluding NO2 is 1. The SMILES string of the molecule is O=Nc1c(Nc2ccccc2)n[nH]c1-c1ccccc1. The lowest BCUT2D eigenvalue weighted by atomic mass is 10.1. The van der Waals surface area contributed by atoms with Crippen molar-refractivity contribution in [3.8, 4) is 11.3 Å². The molecule has 0 spiro atoms. The Morgan fingerprint density at radius 2 is 1.60 bits per heavy atom. The van der Waals surface area contributed by atoms with Crippen molar-refractivity contribution in [3.05, 3.63) is 65.6 Å². The summed E-state index contributed by atoms with van der Waals surface area (Å²) < 4.78 is 0. The smallest absolute Gasteiger partial charge is 0.182 e. The minimum atomic E-state index is 0.278. The highest BCUT2D eigenvalue weighted by atomic mass is 16.3. The Hall–Kier alpha value is -2.95. The molecule has 3 aromatic rings. The van der Waals surface area contributed by atoms with Gasteiger partial charge in [-0.15, -0.1) is 4.91 Å². The molecule has 0 saturated heterocycles. The molecule has 0 amide bonds. The fourth-order valence-electron chi connectivity index (χ4n) is 1.98. The van der Waals surface area contributed by atoms with Gasteiger partial charge in [0.05, 0.1) is 5.69 Å². The number of anilines is 2. The van der Waals surface area contributed by atoms with Crippen LogP contribution in [0.3, 0.4) is 0 Å². The predicted octanol–water partition coefficient (Wildman–Crippen LogP) is 4.22. The lowest BCUT2D eigenvalue weighted by Crippen LogP contribution is -1.89. The monoisotopic (exact) mass is 264 g/mol. The van der Waals surface area contributed by atoms with Gasteiger partial charge in [0.1, 0.15) is 0 Å². The number of hydrogen-bond acceptors (Lipinski definition) is 4. The minimum absolute atomic E-state index is 0.278. The number of nitrogens with one attached hydrogen (secondary N) is 2. The first kappa shape index (κ1) is 12.1. The summed E-state index contributed by atoms with van der Waals surface area (Å²) in [5.74, 6) is 0.421. The number of para-hydroxylation sites is 1. The Balaban J connectivity index is 1.98. The molecule has 1 heterocycles. The summed E-state index contributed by atoms with van der Waals surface area (Å²) in [6, 6.07) is 19.0. The number of rotatable bonds is 4. The van der Waals surface area contributed by atoms with E-state index in [0.29, 0.717) is 11.5 Å². The van der Waals surface area contributed by atoms with Crippen LogP contribution in [0.2, 0.25) is 0 Å². The van der Waals surface area contributed by atoms with E-state index in [1.54, 1.807) is 0 Å². The lowest BCUT2D eigenvalue weighted by Gasteiger charge is -2.02. The van der Waals surface area contributed by atoms with Crippen molar-refractivity contribution in [2.24, 2.45) is 5.18 Å². The Kier molecular flexibility index (Phi) is 3.24. The van der Waals surface area contributed by atoms with E-state index in [0.717, 1.165) is 11.3 Å². The van der Waals surface area contributed by atoms with Gasteiger partial charge in [-0.2, -0.15) is 5.10 Å². The van der Waals surface area contributed by atoms with Crippen LogP contribution in [0.15, 0.2) is 65.8 Å². The van der Waals surface area contributed by atoms with Gasteiger partial charge in [-0.05, 0) is 17.3 Å². The van der Waals surface area contributed by atoms with Gasteiger partial charge in [0, 0.05) is 11.3 Å². The van der Waals surface area contributed by atoms with Crippen molar-refractivity contribution in [2.75, 3.05) is 5.32 Å². The van der Waals surface area contributed by atoms with Gasteiger partial charge < -0.3 is 5.32 Å². The van der Waals surface area contributed by atoms with E-state index in [1.807, 2.05) is 60.7 Å². The second kappa shape index (κ2) is 5.36. The molecule has 20 heavy (non-hydrogen) atoms. The Morgan fingerprint density at radius 1 is 0.950 bits per heavy atom. The number of nitrogens with zero attached hydrogens (tertiary/aromatic N) is 2. The summed E-state index contributed by atoms with van der Waals surface area (Å²) in [6.45, 7) is 0. The van der Waals surface area contributed by atoms with Crippen molar-refractivity contribution < 1.29 is 0 Å². The maximum atomic E-state index is 11.1. The van der Waals surface area contributed by atoms with Gasteiger partial charge in [-0.25, -0.2) is 0 Å². The van der Waals surface area contributed by atoms with E-state index in [9.17, 15) is 4.91 Å². The van der Waals surface area contributed by atoms with E-state index in [-0.39, 0.29) is 5.69 Å². The summed E-state index contributed by atoms with van der Waals surface area (Å²) in [4.78, 5) is 11.1. The second-order valence-corrected chi connectivity index (χ2v) is 4.24. The fraction of sp³-hybridized carbons (Fsp3) is 0. The third kappa shape index (κ3) is 2.29. The van der Waals surface area contributed by atoms with Crippen LogP contribution in [0.1, 0.15) is 0 Å². The van der Waals surface area contributed by atoms with Crippen molar-refractivity contribution in [1.82, 2.24) is 10.2 Å². The standard InChI is InChI=1S/C15H12N4O/c20-19-14-13(11-7-3-1-4-8-11)17-18-15(14)16-12-9-5-2-6-10-12/h1-10H,(H2,16,17,18). The molecule has 0 saturated carbocycles. The summed E-state index contributed by atoms with van der Waals surface area (Å²) in [5.41, 5.74) is 2.61. The van der Waals surface area contributed by atoms with Crippen molar-refractivity contribution >= 4 is 17.2 Å². The predicted molar refractivity (Wildman–Crippen MR) is 79.2 cm³/mol. The van der Waals surface area contributed by atoms with Crippen molar-refractivity contribution in [1.29, 1.82) is 0 Å². The number of hydrogen-bond donors (Lipinski definition) is 2. The number of aromatic amines is 1. The topological polar surface area (TPSA) is 70.1 Å². The van der Waals surface area contributed by atoms with E-state index < -0.39 is 0 Å². The van der Waals surface area contributed by atoms with Crippen LogP contribution in [0.25, 0.3) is 11.3 Å². The van der Waals surface area contributed by atoms with Crippen LogP contribution < -0.4 is 5.32 Å². The first-order chi connectivity index (χ1) is 9.88. The molecular weight excluding hydrogens is 252 g/mol. The zero-order chi connectivity index (χ0) is 13.8. The highest BCUT2D eigenvalue weighted by Gasteiger charge is 2.15. The van der Waals surface area contributed by atoms with E-state index >= 15 is 0 Å². The van der Waals surface area contributed by atoms with Gasteiger partial charge in [0.25, 0.3) is 0 Å². The highest BCUT2D eigenvalue weighted by Crippen LogP contribution is 2.35. The average Bonchev–Trinajstić information content (AvgIpc) is 2.92. The Morgan fingerprint density at radius 3 is 2.25 bits per heavy atom. The van der Waals surface area contributed by atoms with Crippen molar-refractivity contribution in [2.45, 2.75) is 0 Å².